The lowest BCUT2D eigenvalue weighted by Crippen LogP contribution is -2.59. The first-order valence-electron chi connectivity index (χ1n) is 7.49. The Morgan fingerprint density at radius 1 is 1.22 bits per heavy atom. The Balaban J connectivity index is 1.67. The van der Waals surface area contributed by atoms with Crippen LogP contribution in [0.2, 0.25) is 0 Å². The summed E-state index contributed by atoms with van der Waals surface area (Å²) in [6.45, 7) is -2.52. The fraction of sp³-hybridized carbons (Fsp3) is 0.188. The molecule has 0 unspecified atom stereocenters. The first-order valence-corrected chi connectivity index (χ1v) is 7.49. The third-order valence-corrected chi connectivity index (χ3v) is 4.02. The monoisotopic (exact) mass is 312 g/mol. The Labute approximate surface area is 134 Å². The van der Waals surface area contributed by atoms with Gasteiger partial charge in [-0.15, -0.1) is 5.46 Å². The molecule has 3 rings (SSSR count). The van der Waals surface area contributed by atoms with E-state index in [2.05, 4.69) is 5.32 Å². The molecule has 2 aromatic rings. The molecular formula is C16H19BN3O3-. The molecule has 0 bridgehead atoms. The number of hydrogen-bond donors (Lipinski definition) is 5. The Bertz CT molecular complexity index is 719. The number of nitrogens with one attached hydrogen (secondary N) is 2. The number of rotatable bonds is 4. The fourth-order valence-corrected chi connectivity index (χ4v) is 2.84. The van der Waals surface area contributed by atoms with E-state index in [4.69, 9.17) is 15.8 Å². The smallest absolute Gasteiger partial charge is 0.405 e. The molecule has 2 aromatic carbocycles. The van der Waals surface area contributed by atoms with Gasteiger partial charge in [0.2, 0.25) is 0 Å². The highest BCUT2D eigenvalue weighted by molar-refractivity contribution is 6.73. The van der Waals surface area contributed by atoms with Gasteiger partial charge in [-0.05, 0) is 30.7 Å². The number of amidine groups is 1. The van der Waals surface area contributed by atoms with E-state index in [-0.39, 0.29) is 11.9 Å². The SMILES string of the molecule is N=C(N)c1ccc(NC[C@@H]2Cc3ccccc3[B-](O)(O)O2)cc1. The molecule has 7 heteroatoms. The molecule has 0 aliphatic carbocycles. The summed E-state index contributed by atoms with van der Waals surface area (Å²) in [5, 5.41) is 30.8. The van der Waals surface area contributed by atoms with Gasteiger partial charge in [-0.1, -0.05) is 29.8 Å². The van der Waals surface area contributed by atoms with Crippen LogP contribution in [0.25, 0.3) is 0 Å². The molecule has 0 fully saturated rings. The van der Waals surface area contributed by atoms with E-state index in [9.17, 15) is 10.0 Å². The van der Waals surface area contributed by atoms with Crippen molar-refractivity contribution in [3.8, 4) is 0 Å². The zero-order chi connectivity index (χ0) is 16.4. The van der Waals surface area contributed by atoms with Gasteiger partial charge in [0.1, 0.15) is 5.84 Å². The number of hydrogen-bond acceptors (Lipinski definition) is 5. The van der Waals surface area contributed by atoms with Gasteiger partial charge in [0.25, 0.3) is 0 Å². The second kappa shape index (κ2) is 6.04. The van der Waals surface area contributed by atoms with E-state index < -0.39 is 6.75 Å². The van der Waals surface area contributed by atoms with Crippen molar-refractivity contribution in [3.63, 3.8) is 0 Å². The summed E-state index contributed by atoms with van der Waals surface area (Å²) in [6, 6.07) is 14.4. The third kappa shape index (κ3) is 3.37. The molecule has 1 heterocycles. The maximum atomic E-state index is 10.1. The zero-order valence-corrected chi connectivity index (χ0v) is 12.6. The summed E-state index contributed by atoms with van der Waals surface area (Å²) in [5.74, 6) is 0.0248. The van der Waals surface area contributed by atoms with Crippen LogP contribution < -0.4 is 16.5 Å². The quantitative estimate of drug-likeness (QED) is 0.314. The van der Waals surface area contributed by atoms with Crippen LogP contribution in [0.3, 0.4) is 0 Å². The highest BCUT2D eigenvalue weighted by Crippen LogP contribution is 2.18. The number of benzene rings is 2. The minimum atomic E-state index is -2.96. The summed E-state index contributed by atoms with van der Waals surface area (Å²) in [6.07, 6.45) is 0.270. The molecule has 0 amide bonds. The summed E-state index contributed by atoms with van der Waals surface area (Å²) in [7, 11) is 0. The van der Waals surface area contributed by atoms with E-state index in [1.807, 2.05) is 24.3 Å². The van der Waals surface area contributed by atoms with Gasteiger partial charge in [0, 0.05) is 23.9 Å². The largest absolute Gasteiger partial charge is 0.556 e. The number of nitrogens with two attached hydrogens (primary N) is 1. The zero-order valence-electron chi connectivity index (χ0n) is 12.6. The van der Waals surface area contributed by atoms with Crippen molar-refractivity contribution >= 4 is 23.7 Å². The van der Waals surface area contributed by atoms with Crippen molar-refractivity contribution in [2.24, 2.45) is 5.73 Å². The first kappa shape index (κ1) is 15.5. The Kier molecular flexibility index (Phi) is 4.08. The molecule has 23 heavy (non-hydrogen) atoms. The van der Waals surface area contributed by atoms with E-state index in [0.29, 0.717) is 24.0 Å². The van der Waals surface area contributed by atoms with Crippen LogP contribution in [-0.2, 0) is 11.1 Å². The van der Waals surface area contributed by atoms with Crippen LogP contribution in [0, 0.1) is 5.41 Å². The van der Waals surface area contributed by atoms with E-state index in [0.717, 1.165) is 11.3 Å². The van der Waals surface area contributed by atoms with E-state index in [1.165, 1.54) is 0 Å². The van der Waals surface area contributed by atoms with Gasteiger partial charge in [-0.25, -0.2) is 0 Å². The van der Waals surface area contributed by atoms with Crippen molar-refractivity contribution in [1.29, 1.82) is 5.41 Å². The highest BCUT2D eigenvalue weighted by atomic mass is 16.6. The molecule has 0 spiro atoms. The van der Waals surface area contributed by atoms with Crippen LogP contribution in [0.1, 0.15) is 11.1 Å². The Hall–Kier alpha value is -2.35. The maximum absolute atomic E-state index is 10.1. The van der Waals surface area contributed by atoms with Gasteiger partial charge in [-0.2, -0.15) is 0 Å². The van der Waals surface area contributed by atoms with Gasteiger partial charge in [0.05, 0.1) is 0 Å². The normalized spacial score (nSPS) is 19.0. The number of fused-ring (bicyclic) bond motifs is 1. The van der Waals surface area contributed by atoms with Crippen LogP contribution in [0.4, 0.5) is 5.69 Å². The average molecular weight is 312 g/mol. The molecule has 0 radical (unpaired) electrons. The summed E-state index contributed by atoms with van der Waals surface area (Å²) in [5.41, 5.74) is 8.28. The molecule has 0 saturated carbocycles. The molecule has 1 aliphatic rings. The lowest BCUT2D eigenvalue weighted by Gasteiger charge is -2.42. The predicted molar refractivity (Wildman–Crippen MR) is 90.8 cm³/mol. The molecule has 6 N–H and O–H groups in total. The van der Waals surface area contributed by atoms with Crippen LogP contribution in [0.15, 0.2) is 48.5 Å². The van der Waals surface area contributed by atoms with Gasteiger partial charge >= 0.3 is 6.75 Å². The van der Waals surface area contributed by atoms with Crippen molar-refractivity contribution in [2.45, 2.75) is 12.5 Å². The summed E-state index contributed by atoms with van der Waals surface area (Å²) >= 11 is 0. The fourth-order valence-electron chi connectivity index (χ4n) is 2.84. The molecule has 6 nitrogen and oxygen atoms in total. The average Bonchev–Trinajstić information content (AvgIpc) is 2.53. The van der Waals surface area contributed by atoms with Crippen molar-refractivity contribution in [2.75, 3.05) is 11.9 Å². The predicted octanol–water partition coefficient (Wildman–Crippen LogP) is 0.155. The van der Waals surface area contributed by atoms with E-state index >= 15 is 0 Å². The lowest BCUT2D eigenvalue weighted by molar-refractivity contribution is 0.101. The second-order valence-electron chi connectivity index (χ2n) is 5.74. The molecule has 0 saturated heterocycles. The Morgan fingerprint density at radius 2 is 1.91 bits per heavy atom. The second-order valence-corrected chi connectivity index (χ2v) is 5.74. The first-order chi connectivity index (χ1) is 11.0. The topological polar surface area (TPSA) is 112 Å². The minimum absolute atomic E-state index is 0.0248. The number of nitrogen functional groups attached to an aromatic ring is 1. The summed E-state index contributed by atoms with van der Waals surface area (Å²) < 4.78 is 5.44. The van der Waals surface area contributed by atoms with Crippen LogP contribution >= 0.6 is 0 Å². The minimum Gasteiger partial charge on any atom is -0.556 e. The van der Waals surface area contributed by atoms with E-state index in [1.54, 1.807) is 24.3 Å². The highest BCUT2D eigenvalue weighted by Gasteiger charge is 2.33. The third-order valence-electron chi connectivity index (χ3n) is 4.02. The van der Waals surface area contributed by atoms with Crippen molar-refractivity contribution < 1.29 is 14.7 Å². The molecular weight excluding hydrogens is 293 g/mol. The molecule has 1 atom stereocenters. The van der Waals surface area contributed by atoms with Gasteiger partial charge in [-0.3, -0.25) is 5.41 Å². The van der Waals surface area contributed by atoms with Gasteiger partial charge < -0.3 is 25.8 Å². The van der Waals surface area contributed by atoms with Gasteiger partial charge in [0.15, 0.2) is 0 Å². The van der Waals surface area contributed by atoms with Crippen molar-refractivity contribution in [1.82, 2.24) is 0 Å². The maximum Gasteiger partial charge on any atom is 0.405 e. The van der Waals surface area contributed by atoms with Crippen molar-refractivity contribution in [3.05, 3.63) is 59.7 Å². The Morgan fingerprint density at radius 3 is 2.61 bits per heavy atom. The molecule has 120 valence electrons. The van der Waals surface area contributed by atoms with Crippen LogP contribution in [-0.4, -0.2) is 35.3 Å². The van der Waals surface area contributed by atoms with Crippen LogP contribution in [0.5, 0.6) is 0 Å². The lowest BCUT2D eigenvalue weighted by atomic mass is 9.65. The number of anilines is 1. The molecule has 1 aliphatic heterocycles. The molecule has 0 aromatic heterocycles. The summed E-state index contributed by atoms with van der Waals surface area (Å²) in [4.78, 5) is 0. The standard InChI is InChI=1S/C16H19BN3O3/c18-16(19)11-5-7-13(8-6-11)20-10-14-9-12-3-1-2-4-15(12)17(21,22)23-14/h1-8,14,20-22H,9-10H2,(H3,18,19)/q-1/t14-/m0/s1.